The zero-order chi connectivity index (χ0) is 15.1. The van der Waals surface area contributed by atoms with Gasteiger partial charge in [-0.25, -0.2) is 0 Å². The van der Waals surface area contributed by atoms with Gasteiger partial charge in [0.25, 0.3) is 0 Å². The van der Waals surface area contributed by atoms with Gasteiger partial charge >= 0.3 is 0 Å². The zero-order valence-electron chi connectivity index (χ0n) is 14.2. The van der Waals surface area contributed by atoms with Crippen molar-refractivity contribution in [1.29, 1.82) is 0 Å². The molecule has 3 unspecified atom stereocenters. The molecule has 3 aliphatic rings. The molecule has 0 aromatic rings. The lowest BCUT2D eigenvalue weighted by Gasteiger charge is -2.60. The number of hydrogen-bond acceptors (Lipinski definition) is 4. The molecule has 0 spiro atoms. The molecule has 0 aromatic carbocycles. The molecule has 4 heteroatoms. The van der Waals surface area contributed by atoms with Crippen molar-refractivity contribution >= 4 is 0 Å². The van der Waals surface area contributed by atoms with E-state index in [4.69, 9.17) is 9.47 Å². The molecule has 0 aromatic heterocycles. The van der Waals surface area contributed by atoms with Crippen LogP contribution in [0.25, 0.3) is 0 Å². The standard InChI is InChI=1S/C17H32N2O2/c1-16(2,19-7-10-20-11-8-19)12-18-14-13-6-5-9-21-15(13)17(14,3)4/h13-15,18H,5-12H2,1-4H3. The summed E-state index contributed by atoms with van der Waals surface area (Å²) in [5, 5.41) is 3.88. The highest BCUT2D eigenvalue weighted by molar-refractivity contribution is 5.10. The maximum Gasteiger partial charge on any atom is 0.0684 e. The van der Waals surface area contributed by atoms with Crippen molar-refractivity contribution < 1.29 is 9.47 Å². The normalized spacial score (nSPS) is 36.9. The number of nitrogens with one attached hydrogen (secondary N) is 1. The Balaban J connectivity index is 1.56. The number of nitrogens with zero attached hydrogens (tertiary/aromatic N) is 1. The van der Waals surface area contributed by atoms with Crippen molar-refractivity contribution in [3.8, 4) is 0 Å². The molecule has 2 aliphatic heterocycles. The first-order valence-electron chi connectivity index (χ1n) is 8.61. The van der Waals surface area contributed by atoms with Crippen molar-refractivity contribution in [2.24, 2.45) is 11.3 Å². The lowest BCUT2D eigenvalue weighted by atomic mass is 9.55. The SMILES string of the molecule is CC1(C)C(NCC(C)(C)N2CCOCC2)C2CCCOC21. The third kappa shape index (κ3) is 2.88. The second kappa shape index (κ2) is 5.80. The van der Waals surface area contributed by atoms with Gasteiger partial charge in [0.15, 0.2) is 0 Å². The molecule has 4 nitrogen and oxygen atoms in total. The quantitative estimate of drug-likeness (QED) is 0.859. The maximum absolute atomic E-state index is 6.00. The fourth-order valence-corrected chi connectivity index (χ4v) is 4.58. The summed E-state index contributed by atoms with van der Waals surface area (Å²) in [6, 6.07) is 0.600. The Morgan fingerprint density at radius 1 is 1.19 bits per heavy atom. The van der Waals surface area contributed by atoms with Crippen molar-refractivity contribution in [2.75, 3.05) is 39.5 Å². The summed E-state index contributed by atoms with van der Waals surface area (Å²) in [4.78, 5) is 2.56. The van der Waals surface area contributed by atoms with E-state index in [2.05, 4.69) is 37.9 Å². The van der Waals surface area contributed by atoms with Crippen molar-refractivity contribution in [2.45, 2.75) is 58.2 Å². The largest absolute Gasteiger partial charge is 0.379 e. The Labute approximate surface area is 129 Å². The predicted octanol–water partition coefficient (Wildman–Crippen LogP) is 1.89. The van der Waals surface area contributed by atoms with Crippen LogP contribution in [-0.4, -0.2) is 62.0 Å². The first-order chi connectivity index (χ1) is 9.93. The van der Waals surface area contributed by atoms with Crippen LogP contribution in [0, 0.1) is 11.3 Å². The summed E-state index contributed by atoms with van der Waals surface area (Å²) in [6.07, 6.45) is 3.02. The van der Waals surface area contributed by atoms with E-state index in [1.165, 1.54) is 12.8 Å². The predicted molar refractivity (Wildman–Crippen MR) is 84.5 cm³/mol. The molecule has 2 heterocycles. The summed E-state index contributed by atoms with van der Waals surface area (Å²) in [5.41, 5.74) is 0.465. The first-order valence-corrected chi connectivity index (χ1v) is 8.61. The molecular formula is C17H32N2O2. The highest BCUT2D eigenvalue weighted by Crippen LogP contribution is 2.51. The van der Waals surface area contributed by atoms with E-state index in [9.17, 15) is 0 Å². The third-order valence-electron chi connectivity index (χ3n) is 5.95. The molecule has 3 fully saturated rings. The van der Waals surface area contributed by atoms with Gasteiger partial charge in [-0.1, -0.05) is 13.8 Å². The number of morpholine rings is 1. The van der Waals surface area contributed by atoms with Gasteiger partial charge < -0.3 is 14.8 Å². The second-order valence-electron chi connectivity index (χ2n) is 8.19. The van der Waals surface area contributed by atoms with Crippen LogP contribution in [0.3, 0.4) is 0 Å². The highest BCUT2D eigenvalue weighted by Gasteiger charge is 2.57. The molecule has 21 heavy (non-hydrogen) atoms. The topological polar surface area (TPSA) is 33.7 Å². The minimum absolute atomic E-state index is 0.195. The molecule has 2 saturated heterocycles. The van der Waals surface area contributed by atoms with E-state index in [0.717, 1.165) is 39.5 Å². The Morgan fingerprint density at radius 2 is 1.90 bits per heavy atom. The molecular weight excluding hydrogens is 264 g/mol. The lowest BCUT2D eigenvalue weighted by Crippen LogP contribution is -2.71. The monoisotopic (exact) mass is 296 g/mol. The first kappa shape index (κ1) is 15.7. The molecule has 0 bridgehead atoms. The second-order valence-corrected chi connectivity index (χ2v) is 8.19. The van der Waals surface area contributed by atoms with Crippen molar-refractivity contribution in [1.82, 2.24) is 10.2 Å². The molecule has 3 rings (SSSR count). The average Bonchev–Trinajstić information content (AvgIpc) is 2.48. The molecule has 122 valence electrons. The number of ether oxygens (including phenoxy) is 2. The van der Waals surface area contributed by atoms with Gasteiger partial charge in [0, 0.05) is 49.2 Å². The maximum atomic E-state index is 6.00. The Kier molecular flexibility index (Phi) is 4.34. The van der Waals surface area contributed by atoms with Crippen molar-refractivity contribution in [3.63, 3.8) is 0 Å². The summed E-state index contributed by atoms with van der Waals surface area (Å²) < 4.78 is 11.5. The minimum Gasteiger partial charge on any atom is -0.379 e. The van der Waals surface area contributed by atoms with E-state index < -0.39 is 0 Å². The molecule has 3 atom stereocenters. The lowest BCUT2D eigenvalue weighted by molar-refractivity contribution is -0.193. The van der Waals surface area contributed by atoms with E-state index in [0.29, 0.717) is 18.1 Å². The summed E-state index contributed by atoms with van der Waals surface area (Å²) in [7, 11) is 0. The Morgan fingerprint density at radius 3 is 2.62 bits per heavy atom. The summed E-state index contributed by atoms with van der Waals surface area (Å²) in [6.45, 7) is 15.3. The van der Waals surface area contributed by atoms with E-state index >= 15 is 0 Å². The van der Waals surface area contributed by atoms with Crippen LogP contribution in [0.2, 0.25) is 0 Å². The number of fused-ring (bicyclic) bond motifs is 1. The Hall–Kier alpha value is -0.160. The smallest absolute Gasteiger partial charge is 0.0684 e. The van der Waals surface area contributed by atoms with Gasteiger partial charge in [-0.3, -0.25) is 4.90 Å². The van der Waals surface area contributed by atoms with Crippen molar-refractivity contribution in [3.05, 3.63) is 0 Å². The van der Waals surface area contributed by atoms with Crippen LogP contribution >= 0.6 is 0 Å². The van der Waals surface area contributed by atoms with Gasteiger partial charge in [0.05, 0.1) is 19.3 Å². The van der Waals surface area contributed by atoms with Crippen LogP contribution in [-0.2, 0) is 9.47 Å². The highest BCUT2D eigenvalue weighted by atomic mass is 16.5. The van der Waals surface area contributed by atoms with Crippen LogP contribution in [0.4, 0.5) is 0 Å². The van der Waals surface area contributed by atoms with Gasteiger partial charge in [-0.2, -0.15) is 0 Å². The molecule has 1 saturated carbocycles. The molecule has 1 aliphatic carbocycles. The van der Waals surface area contributed by atoms with Gasteiger partial charge in [-0.15, -0.1) is 0 Å². The van der Waals surface area contributed by atoms with Crippen LogP contribution in [0.5, 0.6) is 0 Å². The fourth-order valence-electron chi connectivity index (χ4n) is 4.58. The fraction of sp³-hybridized carbons (Fsp3) is 1.00. The summed E-state index contributed by atoms with van der Waals surface area (Å²) in [5.74, 6) is 0.717. The number of hydrogen-bond donors (Lipinski definition) is 1. The van der Waals surface area contributed by atoms with Gasteiger partial charge in [0.2, 0.25) is 0 Å². The van der Waals surface area contributed by atoms with Gasteiger partial charge in [0.1, 0.15) is 0 Å². The number of rotatable bonds is 4. The van der Waals surface area contributed by atoms with Crippen LogP contribution in [0.1, 0.15) is 40.5 Å². The molecule has 0 radical (unpaired) electrons. The Bertz CT molecular complexity index is 364. The van der Waals surface area contributed by atoms with E-state index in [-0.39, 0.29) is 11.0 Å². The van der Waals surface area contributed by atoms with Gasteiger partial charge in [-0.05, 0) is 26.7 Å². The minimum atomic E-state index is 0.195. The van der Waals surface area contributed by atoms with Crippen LogP contribution in [0.15, 0.2) is 0 Å². The third-order valence-corrected chi connectivity index (χ3v) is 5.95. The zero-order valence-corrected chi connectivity index (χ0v) is 14.2. The van der Waals surface area contributed by atoms with E-state index in [1.807, 2.05) is 0 Å². The van der Waals surface area contributed by atoms with Crippen LogP contribution < -0.4 is 5.32 Å². The average molecular weight is 296 g/mol. The summed E-state index contributed by atoms with van der Waals surface area (Å²) >= 11 is 0. The molecule has 1 N–H and O–H groups in total. The van der Waals surface area contributed by atoms with E-state index in [1.54, 1.807) is 0 Å². The molecule has 0 amide bonds.